The van der Waals surface area contributed by atoms with Gasteiger partial charge in [-0.25, -0.2) is 0 Å². The van der Waals surface area contributed by atoms with E-state index in [4.69, 9.17) is 0 Å². The molecule has 1 heterocycles. The molecule has 0 aliphatic carbocycles. The first-order valence-corrected chi connectivity index (χ1v) is 6.67. The number of aromatic nitrogens is 1. The lowest BCUT2D eigenvalue weighted by atomic mass is 10.3. The first kappa shape index (κ1) is 12.0. The van der Waals surface area contributed by atoms with Crippen LogP contribution in [0, 0.1) is 0 Å². The average molecular weight is 247 g/mol. The van der Waals surface area contributed by atoms with Crippen LogP contribution in [-0.4, -0.2) is 10.3 Å². The van der Waals surface area contributed by atoms with Crippen LogP contribution in [0.4, 0.5) is 0 Å². The zero-order valence-electron chi connectivity index (χ0n) is 10.5. The van der Waals surface area contributed by atoms with E-state index in [9.17, 15) is 0 Å². The van der Waals surface area contributed by atoms with E-state index >= 15 is 0 Å². The Labute approximate surface area is 105 Å². The molecule has 4 heteroatoms. The van der Waals surface area contributed by atoms with Gasteiger partial charge in [0.1, 0.15) is 0 Å². The van der Waals surface area contributed by atoms with Crippen LogP contribution in [0.3, 0.4) is 0 Å². The van der Waals surface area contributed by atoms with Crippen LogP contribution in [0.2, 0.25) is 0 Å². The Morgan fingerprint density at radius 1 is 1.29 bits per heavy atom. The molecule has 3 nitrogen and oxygen atoms in total. The lowest BCUT2D eigenvalue weighted by Crippen LogP contribution is -2.14. The van der Waals surface area contributed by atoms with Crippen LogP contribution in [0.5, 0.6) is 0 Å². The normalized spacial score (nSPS) is 12.1. The first-order chi connectivity index (χ1) is 8.22. The number of fused-ring (bicyclic) bond motifs is 1. The van der Waals surface area contributed by atoms with Gasteiger partial charge in [0, 0.05) is 12.3 Å². The molecule has 0 atom stereocenters. The maximum Gasteiger partial charge on any atom is 0.211 e. The lowest BCUT2D eigenvalue weighted by molar-refractivity contribution is 0.677. The SMILES string of the molecule is CCCn1/c(=N/N=C(C)C)sc2ccccc21. The predicted molar refractivity (Wildman–Crippen MR) is 74.5 cm³/mol. The maximum absolute atomic E-state index is 4.33. The summed E-state index contributed by atoms with van der Waals surface area (Å²) in [5.74, 6) is 0. The van der Waals surface area contributed by atoms with E-state index in [0.717, 1.165) is 23.5 Å². The molecule has 0 aliphatic rings. The smallest absolute Gasteiger partial charge is 0.211 e. The molecule has 0 bridgehead atoms. The van der Waals surface area contributed by atoms with Crippen molar-refractivity contribution in [3.05, 3.63) is 29.1 Å². The van der Waals surface area contributed by atoms with Crippen molar-refractivity contribution in [3.63, 3.8) is 0 Å². The van der Waals surface area contributed by atoms with Crippen LogP contribution in [-0.2, 0) is 6.54 Å². The van der Waals surface area contributed by atoms with Gasteiger partial charge in [0.25, 0.3) is 0 Å². The summed E-state index contributed by atoms with van der Waals surface area (Å²) in [6.45, 7) is 7.08. The Balaban J connectivity index is 2.65. The molecule has 2 aromatic rings. The van der Waals surface area contributed by atoms with Gasteiger partial charge in [0.2, 0.25) is 4.80 Å². The Hall–Kier alpha value is -1.42. The predicted octanol–water partition coefficient (Wildman–Crippen LogP) is 3.41. The minimum absolute atomic E-state index is 0.977. The van der Waals surface area contributed by atoms with Gasteiger partial charge >= 0.3 is 0 Å². The van der Waals surface area contributed by atoms with E-state index in [-0.39, 0.29) is 0 Å². The minimum Gasteiger partial charge on any atom is -0.315 e. The third-order valence-corrected chi connectivity index (χ3v) is 3.42. The van der Waals surface area contributed by atoms with Crippen LogP contribution in [0.1, 0.15) is 27.2 Å². The van der Waals surface area contributed by atoms with Gasteiger partial charge in [-0.1, -0.05) is 30.4 Å². The summed E-state index contributed by atoms with van der Waals surface area (Å²) < 4.78 is 3.51. The summed E-state index contributed by atoms with van der Waals surface area (Å²) in [6, 6.07) is 8.41. The van der Waals surface area contributed by atoms with Gasteiger partial charge in [-0.3, -0.25) is 0 Å². The molecule has 0 spiro atoms. The topological polar surface area (TPSA) is 29.6 Å². The number of aryl methyl sites for hydroxylation is 1. The highest BCUT2D eigenvalue weighted by molar-refractivity contribution is 7.16. The standard InChI is InChI=1S/C13H17N3S/c1-4-9-16-11-7-5-6-8-12(11)17-13(16)15-14-10(2)3/h5-8H,4,9H2,1-3H3/b15-13-. The molecule has 0 amide bonds. The Morgan fingerprint density at radius 2 is 2.06 bits per heavy atom. The third kappa shape index (κ3) is 2.64. The number of rotatable bonds is 3. The Bertz CT molecular complexity index is 600. The summed E-state index contributed by atoms with van der Waals surface area (Å²) in [5.41, 5.74) is 2.23. The molecule has 0 radical (unpaired) electrons. The molecule has 0 saturated heterocycles. The van der Waals surface area contributed by atoms with E-state index in [1.165, 1.54) is 10.2 Å². The number of hydrogen-bond acceptors (Lipinski definition) is 3. The molecule has 0 saturated carbocycles. The van der Waals surface area contributed by atoms with E-state index < -0.39 is 0 Å². The van der Waals surface area contributed by atoms with Gasteiger partial charge in [-0.2, -0.15) is 5.10 Å². The van der Waals surface area contributed by atoms with Crippen molar-refractivity contribution >= 4 is 27.3 Å². The summed E-state index contributed by atoms with van der Waals surface area (Å²) >= 11 is 1.70. The molecule has 17 heavy (non-hydrogen) atoms. The zero-order chi connectivity index (χ0) is 12.3. The number of thiazole rings is 1. The van der Waals surface area contributed by atoms with Crippen molar-refractivity contribution in [1.82, 2.24) is 4.57 Å². The average Bonchev–Trinajstić information content (AvgIpc) is 2.66. The second-order valence-corrected chi connectivity index (χ2v) is 5.16. The van der Waals surface area contributed by atoms with Gasteiger partial charge in [-0.15, -0.1) is 5.10 Å². The molecule has 0 aliphatic heterocycles. The van der Waals surface area contributed by atoms with E-state index in [1.807, 2.05) is 13.8 Å². The second-order valence-electron chi connectivity index (χ2n) is 4.15. The summed E-state index contributed by atoms with van der Waals surface area (Å²) in [5, 5.41) is 8.50. The fraction of sp³-hybridized carbons (Fsp3) is 0.385. The molecular weight excluding hydrogens is 230 g/mol. The van der Waals surface area contributed by atoms with Crippen molar-refractivity contribution in [1.29, 1.82) is 0 Å². The molecule has 0 N–H and O–H groups in total. The van der Waals surface area contributed by atoms with Crippen LogP contribution in [0.15, 0.2) is 34.5 Å². The number of para-hydroxylation sites is 1. The number of benzene rings is 1. The molecule has 90 valence electrons. The van der Waals surface area contributed by atoms with E-state index in [1.54, 1.807) is 11.3 Å². The van der Waals surface area contributed by atoms with E-state index in [2.05, 4.69) is 46.0 Å². The molecule has 0 fully saturated rings. The highest BCUT2D eigenvalue weighted by Crippen LogP contribution is 2.16. The molecule has 0 unspecified atom stereocenters. The molecule has 1 aromatic heterocycles. The largest absolute Gasteiger partial charge is 0.315 e. The lowest BCUT2D eigenvalue weighted by Gasteiger charge is -2.01. The highest BCUT2D eigenvalue weighted by Gasteiger charge is 2.03. The van der Waals surface area contributed by atoms with Gasteiger partial charge in [-0.05, 0) is 32.4 Å². The fourth-order valence-electron chi connectivity index (χ4n) is 1.68. The van der Waals surface area contributed by atoms with Crippen LogP contribution < -0.4 is 4.80 Å². The second kappa shape index (κ2) is 5.27. The van der Waals surface area contributed by atoms with Crippen LogP contribution >= 0.6 is 11.3 Å². The fourth-order valence-corrected chi connectivity index (χ4v) is 2.69. The van der Waals surface area contributed by atoms with Crippen molar-refractivity contribution < 1.29 is 0 Å². The zero-order valence-corrected chi connectivity index (χ0v) is 11.3. The van der Waals surface area contributed by atoms with Crippen molar-refractivity contribution in [2.75, 3.05) is 0 Å². The third-order valence-electron chi connectivity index (χ3n) is 2.37. The summed E-state index contributed by atoms with van der Waals surface area (Å²) in [4.78, 5) is 0.981. The number of hydrogen-bond donors (Lipinski definition) is 0. The molecule has 1 aromatic carbocycles. The van der Waals surface area contributed by atoms with Crippen molar-refractivity contribution in [3.8, 4) is 0 Å². The maximum atomic E-state index is 4.33. The van der Waals surface area contributed by atoms with Gasteiger partial charge in [0.15, 0.2) is 0 Å². The number of nitrogens with zero attached hydrogens (tertiary/aromatic N) is 3. The monoisotopic (exact) mass is 247 g/mol. The molecular formula is C13H17N3S. The summed E-state index contributed by atoms with van der Waals surface area (Å²) in [6.07, 6.45) is 1.10. The quantitative estimate of drug-likeness (QED) is 0.587. The van der Waals surface area contributed by atoms with Crippen LogP contribution in [0.25, 0.3) is 10.2 Å². The highest BCUT2D eigenvalue weighted by atomic mass is 32.1. The van der Waals surface area contributed by atoms with Crippen molar-refractivity contribution in [2.45, 2.75) is 33.7 Å². The Morgan fingerprint density at radius 3 is 2.76 bits per heavy atom. The van der Waals surface area contributed by atoms with Crippen molar-refractivity contribution in [2.24, 2.45) is 10.2 Å². The minimum atomic E-state index is 0.977. The van der Waals surface area contributed by atoms with Gasteiger partial charge in [0.05, 0.1) is 10.2 Å². The van der Waals surface area contributed by atoms with E-state index in [0.29, 0.717) is 0 Å². The summed E-state index contributed by atoms with van der Waals surface area (Å²) in [7, 11) is 0. The molecule has 2 rings (SSSR count). The first-order valence-electron chi connectivity index (χ1n) is 5.85. The van der Waals surface area contributed by atoms with Gasteiger partial charge < -0.3 is 4.57 Å². The Kier molecular flexibility index (Phi) is 3.74.